The summed E-state index contributed by atoms with van der Waals surface area (Å²) in [6.45, 7) is 6.15. The van der Waals surface area contributed by atoms with Gasteiger partial charge in [-0.1, -0.05) is 12.1 Å². The van der Waals surface area contributed by atoms with Crippen molar-refractivity contribution in [2.45, 2.75) is 39.7 Å². The molecule has 1 aromatic carbocycles. The van der Waals surface area contributed by atoms with Crippen molar-refractivity contribution < 1.29 is 19.1 Å². The minimum Gasteiger partial charge on any atom is -0.450 e. The number of carbonyl (C=O) groups is 3. The molecule has 2 N–H and O–H groups in total. The van der Waals surface area contributed by atoms with Gasteiger partial charge in [0.1, 0.15) is 11.5 Å². The van der Waals surface area contributed by atoms with Gasteiger partial charge in [0, 0.05) is 19.1 Å². The SMILES string of the molecule is CCOC(=O)N1CCC(NC(=O)C(C)(C)C(=O)Nc2ccccc2C#N)CC1. The number of nitrogens with zero attached hydrogens (tertiary/aromatic N) is 2. The van der Waals surface area contributed by atoms with Crippen LogP contribution in [-0.2, 0) is 14.3 Å². The molecule has 1 saturated heterocycles. The van der Waals surface area contributed by atoms with Gasteiger partial charge >= 0.3 is 6.09 Å². The minimum atomic E-state index is -1.32. The van der Waals surface area contributed by atoms with Crippen molar-refractivity contribution in [3.05, 3.63) is 29.8 Å². The van der Waals surface area contributed by atoms with Crippen LogP contribution in [0.25, 0.3) is 0 Å². The number of nitrogens with one attached hydrogen (secondary N) is 2. The summed E-state index contributed by atoms with van der Waals surface area (Å²) in [7, 11) is 0. The molecule has 0 saturated carbocycles. The highest BCUT2D eigenvalue weighted by molar-refractivity contribution is 6.10. The maximum absolute atomic E-state index is 12.7. The first-order chi connectivity index (χ1) is 13.3. The lowest BCUT2D eigenvalue weighted by Crippen LogP contribution is -2.52. The lowest BCUT2D eigenvalue weighted by Gasteiger charge is -2.33. The van der Waals surface area contributed by atoms with Crippen LogP contribution in [0.3, 0.4) is 0 Å². The van der Waals surface area contributed by atoms with Crippen molar-refractivity contribution in [2.24, 2.45) is 5.41 Å². The van der Waals surface area contributed by atoms with E-state index < -0.39 is 17.2 Å². The first kappa shape index (κ1) is 21.2. The predicted octanol–water partition coefficient (Wildman–Crippen LogP) is 2.26. The molecule has 0 aromatic heterocycles. The Kier molecular flexibility index (Phi) is 6.99. The van der Waals surface area contributed by atoms with E-state index in [1.54, 1.807) is 49.9 Å². The van der Waals surface area contributed by atoms with Crippen LogP contribution in [0.4, 0.5) is 10.5 Å². The van der Waals surface area contributed by atoms with Crippen LogP contribution < -0.4 is 10.6 Å². The Morgan fingerprint density at radius 1 is 1.21 bits per heavy atom. The van der Waals surface area contributed by atoms with Gasteiger partial charge < -0.3 is 20.3 Å². The summed E-state index contributed by atoms with van der Waals surface area (Å²) in [5.74, 6) is -0.884. The highest BCUT2D eigenvalue weighted by Gasteiger charge is 2.38. The normalized spacial score (nSPS) is 14.7. The zero-order chi connectivity index (χ0) is 20.7. The monoisotopic (exact) mass is 386 g/mol. The van der Waals surface area contributed by atoms with Crippen molar-refractivity contribution in [2.75, 3.05) is 25.0 Å². The quantitative estimate of drug-likeness (QED) is 0.754. The first-order valence-corrected chi connectivity index (χ1v) is 9.32. The highest BCUT2D eigenvalue weighted by Crippen LogP contribution is 2.22. The van der Waals surface area contributed by atoms with Crippen LogP contribution in [0.1, 0.15) is 39.2 Å². The molecule has 0 atom stereocenters. The maximum Gasteiger partial charge on any atom is 0.409 e. The molecule has 150 valence electrons. The number of nitriles is 1. The number of amides is 3. The largest absolute Gasteiger partial charge is 0.450 e. The van der Waals surface area contributed by atoms with E-state index in [-0.39, 0.29) is 12.1 Å². The van der Waals surface area contributed by atoms with Gasteiger partial charge in [0.2, 0.25) is 11.8 Å². The highest BCUT2D eigenvalue weighted by atomic mass is 16.6. The molecule has 8 nitrogen and oxygen atoms in total. The number of rotatable bonds is 5. The molecule has 28 heavy (non-hydrogen) atoms. The third kappa shape index (κ3) is 5.00. The smallest absolute Gasteiger partial charge is 0.409 e. The summed E-state index contributed by atoms with van der Waals surface area (Å²) < 4.78 is 4.98. The Hall–Kier alpha value is -3.08. The number of para-hydroxylation sites is 1. The van der Waals surface area contributed by atoms with Crippen LogP contribution in [0.2, 0.25) is 0 Å². The minimum absolute atomic E-state index is 0.114. The molecule has 0 aliphatic carbocycles. The fourth-order valence-electron chi connectivity index (χ4n) is 2.86. The molecular weight excluding hydrogens is 360 g/mol. The fourth-order valence-corrected chi connectivity index (χ4v) is 2.86. The van der Waals surface area contributed by atoms with Crippen molar-refractivity contribution in [3.8, 4) is 6.07 Å². The van der Waals surface area contributed by atoms with Gasteiger partial charge in [-0.05, 0) is 45.7 Å². The second-order valence-corrected chi connectivity index (χ2v) is 7.17. The topological polar surface area (TPSA) is 112 Å². The van der Waals surface area contributed by atoms with Crippen LogP contribution in [0, 0.1) is 16.7 Å². The van der Waals surface area contributed by atoms with E-state index in [1.807, 2.05) is 6.07 Å². The van der Waals surface area contributed by atoms with E-state index in [2.05, 4.69) is 10.6 Å². The average molecular weight is 386 g/mol. The van der Waals surface area contributed by atoms with E-state index in [0.717, 1.165) is 0 Å². The number of anilines is 1. The second kappa shape index (κ2) is 9.22. The molecule has 0 radical (unpaired) electrons. The Morgan fingerprint density at radius 2 is 1.86 bits per heavy atom. The Morgan fingerprint density at radius 3 is 2.46 bits per heavy atom. The van der Waals surface area contributed by atoms with Gasteiger partial charge in [0.25, 0.3) is 0 Å². The molecule has 1 aliphatic heterocycles. The molecule has 3 amide bonds. The second-order valence-electron chi connectivity index (χ2n) is 7.17. The third-order valence-electron chi connectivity index (χ3n) is 4.79. The molecule has 1 aliphatic rings. The zero-order valence-corrected chi connectivity index (χ0v) is 16.4. The summed E-state index contributed by atoms with van der Waals surface area (Å²) in [6, 6.07) is 8.53. The number of hydrogen-bond acceptors (Lipinski definition) is 5. The van der Waals surface area contributed by atoms with Gasteiger partial charge in [-0.2, -0.15) is 5.26 Å². The molecule has 0 bridgehead atoms. The number of hydrogen-bond donors (Lipinski definition) is 2. The standard InChI is InChI=1S/C20H26N4O4/c1-4-28-19(27)24-11-9-15(10-12-24)22-17(25)20(2,3)18(26)23-16-8-6-5-7-14(16)13-21/h5-8,15H,4,9-12H2,1-3H3,(H,22,25)(H,23,26). The van der Waals surface area contributed by atoms with E-state index in [0.29, 0.717) is 43.8 Å². The molecule has 0 spiro atoms. The van der Waals surface area contributed by atoms with E-state index in [4.69, 9.17) is 10.00 Å². The van der Waals surface area contributed by atoms with Crippen molar-refractivity contribution >= 4 is 23.6 Å². The van der Waals surface area contributed by atoms with Crippen molar-refractivity contribution in [1.82, 2.24) is 10.2 Å². The predicted molar refractivity (Wildman–Crippen MR) is 103 cm³/mol. The molecule has 1 heterocycles. The van der Waals surface area contributed by atoms with E-state index in [9.17, 15) is 14.4 Å². The first-order valence-electron chi connectivity index (χ1n) is 9.32. The molecular formula is C20H26N4O4. The third-order valence-corrected chi connectivity index (χ3v) is 4.79. The van der Waals surface area contributed by atoms with E-state index in [1.165, 1.54) is 0 Å². The van der Waals surface area contributed by atoms with Crippen molar-refractivity contribution in [3.63, 3.8) is 0 Å². The lowest BCUT2D eigenvalue weighted by atomic mass is 9.89. The summed E-state index contributed by atoms with van der Waals surface area (Å²) in [4.78, 5) is 38.7. The van der Waals surface area contributed by atoms with Gasteiger partial charge in [-0.25, -0.2) is 4.79 Å². The van der Waals surface area contributed by atoms with Gasteiger partial charge in [-0.3, -0.25) is 9.59 Å². The maximum atomic E-state index is 12.7. The van der Waals surface area contributed by atoms with Gasteiger partial charge in [0.05, 0.1) is 17.9 Å². The van der Waals surface area contributed by atoms with Crippen LogP contribution in [0.5, 0.6) is 0 Å². The summed E-state index contributed by atoms with van der Waals surface area (Å²) in [5, 5.41) is 14.7. The van der Waals surface area contributed by atoms with Crippen LogP contribution in [0.15, 0.2) is 24.3 Å². The molecule has 0 unspecified atom stereocenters. The summed E-state index contributed by atoms with van der Waals surface area (Å²) >= 11 is 0. The number of benzene rings is 1. The molecule has 1 fully saturated rings. The summed E-state index contributed by atoms with van der Waals surface area (Å²) in [5.41, 5.74) is -0.613. The zero-order valence-electron chi connectivity index (χ0n) is 16.4. The Labute approximate surface area is 164 Å². The Bertz CT molecular complexity index is 777. The number of carbonyl (C=O) groups excluding carboxylic acids is 3. The summed E-state index contributed by atoms with van der Waals surface area (Å²) in [6.07, 6.45) is 0.849. The van der Waals surface area contributed by atoms with Gasteiger partial charge in [0.15, 0.2) is 0 Å². The molecule has 2 rings (SSSR count). The fraction of sp³-hybridized carbons (Fsp3) is 0.500. The molecule has 8 heteroatoms. The number of piperidine rings is 1. The number of ether oxygens (including phenoxy) is 1. The van der Waals surface area contributed by atoms with E-state index >= 15 is 0 Å². The van der Waals surface area contributed by atoms with Crippen molar-refractivity contribution in [1.29, 1.82) is 5.26 Å². The lowest BCUT2D eigenvalue weighted by molar-refractivity contribution is -0.139. The van der Waals surface area contributed by atoms with Crippen LogP contribution in [-0.4, -0.2) is 48.5 Å². The molecule has 1 aromatic rings. The number of likely N-dealkylation sites (tertiary alicyclic amines) is 1. The van der Waals surface area contributed by atoms with Gasteiger partial charge in [-0.15, -0.1) is 0 Å². The Balaban J connectivity index is 1.93. The average Bonchev–Trinajstić information content (AvgIpc) is 2.69. The van der Waals surface area contributed by atoms with Crippen LogP contribution >= 0.6 is 0 Å².